The Bertz CT molecular complexity index is 1350. The molecule has 0 spiro atoms. The average Bonchev–Trinajstić information content (AvgIpc) is 2.73. The van der Waals surface area contributed by atoms with E-state index in [4.69, 9.17) is 33.7 Å². The number of nitrogens with zero attached hydrogens (tertiary/aromatic N) is 2. The molecule has 0 bridgehead atoms. The molecule has 12 heteroatoms. The summed E-state index contributed by atoms with van der Waals surface area (Å²) >= 11 is 12.5. The summed E-state index contributed by atoms with van der Waals surface area (Å²) in [5.74, 6) is -0.210. The Balaban J connectivity index is 1.85. The molecule has 1 heterocycles. The number of aromatic amines is 1. The van der Waals surface area contributed by atoms with Crippen LogP contribution in [-0.4, -0.2) is 21.4 Å². The van der Waals surface area contributed by atoms with Gasteiger partial charge in [-0.25, -0.2) is 4.79 Å². The van der Waals surface area contributed by atoms with Gasteiger partial charge in [0.2, 0.25) is 5.82 Å². The fourth-order valence-electron chi connectivity index (χ4n) is 2.76. The van der Waals surface area contributed by atoms with Gasteiger partial charge < -0.3 is 15.2 Å². The summed E-state index contributed by atoms with van der Waals surface area (Å²) in [5.41, 5.74) is 5.18. The zero-order valence-electron chi connectivity index (χ0n) is 16.9. The molecular weight excluding hydrogens is 481 g/mol. The van der Waals surface area contributed by atoms with Crippen LogP contribution in [0.25, 0.3) is 11.3 Å². The Morgan fingerprint density at radius 1 is 1.24 bits per heavy atom. The predicted octanol–water partition coefficient (Wildman–Crippen LogP) is 4.41. The van der Waals surface area contributed by atoms with Crippen molar-refractivity contribution in [2.75, 3.05) is 5.73 Å². The fourth-order valence-corrected chi connectivity index (χ4v) is 3.31. The van der Waals surface area contributed by atoms with E-state index in [0.29, 0.717) is 11.1 Å². The molecule has 0 radical (unpaired) electrons. The van der Waals surface area contributed by atoms with E-state index in [1.54, 1.807) is 25.1 Å². The second kappa shape index (κ2) is 9.88. The van der Waals surface area contributed by atoms with Gasteiger partial charge in [0, 0.05) is 0 Å². The van der Waals surface area contributed by atoms with Crippen molar-refractivity contribution in [2.24, 2.45) is 0 Å². The van der Waals surface area contributed by atoms with E-state index in [2.05, 4.69) is 16.4 Å². The molecule has 3 N–H and O–H groups in total. The summed E-state index contributed by atoms with van der Waals surface area (Å²) in [5, 5.41) is 3.76. The predicted molar refractivity (Wildman–Crippen MR) is 121 cm³/mol. The minimum absolute atomic E-state index is 0.00945. The molecule has 0 aliphatic rings. The molecule has 3 aromatic rings. The van der Waals surface area contributed by atoms with Gasteiger partial charge in [-0.2, -0.15) is 13.5 Å². The lowest BCUT2D eigenvalue weighted by molar-refractivity contribution is -0.0498. The third-order valence-corrected chi connectivity index (χ3v) is 4.77. The third kappa shape index (κ3) is 5.79. The minimum Gasteiger partial charge on any atom is -0.455 e. The molecule has 0 saturated carbocycles. The van der Waals surface area contributed by atoms with Crippen molar-refractivity contribution in [3.63, 3.8) is 0 Å². The zero-order chi connectivity index (χ0) is 24.3. The van der Waals surface area contributed by atoms with Gasteiger partial charge in [0.15, 0.2) is 5.75 Å². The normalized spacial score (nSPS) is 11.5. The largest absolute Gasteiger partial charge is 0.455 e. The van der Waals surface area contributed by atoms with E-state index >= 15 is 0 Å². The lowest BCUT2D eigenvalue weighted by Gasteiger charge is -2.13. The highest BCUT2D eigenvalue weighted by atomic mass is 35.5. The monoisotopic (exact) mass is 496 g/mol. The Hall–Kier alpha value is -3.63. The van der Waals surface area contributed by atoms with E-state index < -0.39 is 23.7 Å². The lowest BCUT2D eigenvalue weighted by atomic mass is 10.1. The van der Waals surface area contributed by atoms with Gasteiger partial charge in [-0.1, -0.05) is 41.9 Å². The van der Waals surface area contributed by atoms with Crippen LogP contribution in [0.4, 0.5) is 14.6 Å². The first-order chi connectivity index (χ1) is 15.5. The number of alkyl halides is 2. The molecule has 8 nitrogen and oxygen atoms in total. The third-order valence-electron chi connectivity index (χ3n) is 4.21. The van der Waals surface area contributed by atoms with Crippen molar-refractivity contribution in [1.82, 2.24) is 14.8 Å². The number of H-pyrrole nitrogens is 1. The second-order valence-corrected chi connectivity index (χ2v) is 7.41. The first-order valence-electron chi connectivity index (χ1n) is 9.14. The van der Waals surface area contributed by atoms with E-state index in [9.17, 15) is 18.4 Å². The van der Waals surface area contributed by atoms with Crippen LogP contribution >= 0.6 is 23.2 Å². The van der Waals surface area contributed by atoms with Crippen LogP contribution < -0.4 is 26.5 Å². The van der Waals surface area contributed by atoms with Crippen molar-refractivity contribution in [2.45, 2.75) is 13.5 Å². The minimum atomic E-state index is -2.94. The lowest BCUT2D eigenvalue weighted by Crippen LogP contribution is -2.33. The number of ether oxygens (including phenoxy) is 2. The number of aromatic nitrogens is 3. The van der Waals surface area contributed by atoms with Crippen molar-refractivity contribution >= 4 is 34.6 Å². The summed E-state index contributed by atoms with van der Waals surface area (Å²) in [6.07, 6.45) is 1.55. The number of allylic oxidation sites excluding steroid dienone is 2. The maximum atomic E-state index is 12.4. The molecule has 3 rings (SSSR count). The number of nitrogens with two attached hydrogens (primary N) is 1. The topological polar surface area (TPSA) is 112 Å². The van der Waals surface area contributed by atoms with Gasteiger partial charge in [-0.3, -0.25) is 9.78 Å². The summed E-state index contributed by atoms with van der Waals surface area (Å²) in [6, 6.07) is 8.80. The highest BCUT2D eigenvalue weighted by Gasteiger charge is 2.15. The molecule has 0 unspecified atom stereocenters. The van der Waals surface area contributed by atoms with Crippen LogP contribution in [0.3, 0.4) is 0 Å². The Labute approximate surface area is 195 Å². The maximum Gasteiger partial charge on any atom is 0.387 e. The van der Waals surface area contributed by atoms with Crippen LogP contribution in [0.5, 0.6) is 11.5 Å². The Morgan fingerprint density at radius 2 is 1.91 bits per heavy atom. The standard InChI is InChI=1S/C21H16Cl2F2N4O4/c1-10(12-4-3-5-14(7-12)33-20(24)25)6-11(2)32-17-15(22)8-13(9-16(17)23)29-21(31)27-19(30)18(26)28-29/h3-9,20H,2H2,1H3,(H2,26,28)(H,27,30,31)/b10-6+. The molecule has 0 aliphatic heterocycles. The molecule has 33 heavy (non-hydrogen) atoms. The molecule has 0 atom stereocenters. The van der Waals surface area contributed by atoms with Crippen LogP contribution in [0.15, 0.2) is 64.4 Å². The Kier molecular flexibility index (Phi) is 7.19. The number of hydrogen-bond acceptors (Lipinski definition) is 6. The van der Waals surface area contributed by atoms with Crippen molar-refractivity contribution in [1.29, 1.82) is 0 Å². The molecule has 172 valence electrons. The SMILES string of the molecule is C=C(/C=C(\C)c1cccc(OC(F)F)c1)Oc1c(Cl)cc(-n2nc(N)c(=O)[nH]c2=O)cc1Cl. The highest BCUT2D eigenvalue weighted by Crippen LogP contribution is 2.36. The highest BCUT2D eigenvalue weighted by molar-refractivity contribution is 6.37. The Morgan fingerprint density at radius 3 is 2.55 bits per heavy atom. The summed E-state index contributed by atoms with van der Waals surface area (Å²) in [7, 11) is 0. The first kappa shape index (κ1) is 24.0. The van der Waals surface area contributed by atoms with E-state index in [-0.39, 0.29) is 33.0 Å². The molecule has 0 aliphatic carbocycles. The van der Waals surface area contributed by atoms with Crippen molar-refractivity contribution < 1.29 is 18.3 Å². The molecule has 2 aromatic carbocycles. The van der Waals surface area contributed by atoms with Crippen LogP contribution in [0, 0.1) is 0 Å². The van der Waals surface area contributed by atoms with Crippen molar-refractivity contribution in [3.05, 3.63) is 91.3 Å². The van der Waals surface area contributed by atoms with E-state index in [1.807, 2.05) is 4.98 Å². The second-order valence-electron chi connectivity index (χ2n) is 6.60. The molecule has 1 aromatic heterocycles. The summed E-state index contributed by atoms with van der Waals surface area (Å²) in [6.45, 7) is 2.58. The number of nitrogens with one attached hydrogen (secondary N) is 1. The number of hydrogen-bond donors (Lipinski definition) is 2. The van der Waals surface area contributed by atoms with Gasteiger partial charge in [-0.15, -0.1) is 5.10 Å². The van der Waals surface area contributed by atoms with Gasteiger partial charge in [-0.05, 0) is 48.4 Å². The quantitative estimate of drug-likeness (QED) is 0.370. The van der Waals surface area contributed by atoms with Crippen LogP contribution in [0.1, 0.15) is 12.5 Å². The number of anilines is 1. The van der Waals surface area contributed by atoms with Gasteiger partial charge in [0.1, 0.15) is 11.5 Å². The van der Waals surface area contributed by atoms with E-state index in [0.717, 1.165) is 4.68 Å². The fraction of sp³-hybridized carbons (Fsp3) is 0.0952. The summed E-state index contributed by atoms with van der Waals surface area (Å²) < 4.78 is 35.8. The molecular formula is C21H16Cl2F2N4O4. The number of benzene rings is 2. The number of halogens is 4. The first-order valence-corrected chi connectivity index (χ1v) is 9.89. The number of rotatable bonds is 7. The summed E-state index contributed by atoms with van der Waals surface area (Å²) in [4.78, 5) is 25.4. The zero-order valence-corrected chi connectivity index (χ0v) is 18.5. The smallest absolute Gasteiger partial charge is 0.387 e. The van der Waals surface area contributed by atoms with Gasteiger partial charge >= 0.3 is 12.3 Å². The molecule has 0 saturated heterocycles. The van der Waals surface area contributed by atoms with E-state index in [1.165, 1.54) is 24.3 Å². The van der Waals surface area contributed by atoms with Crippen LogP contribution in [0.2, 0.25) is 10.0 Å². The molecule has 0 fully saturated rings. The van der Waals surface area contributed by atoms with Crippen LogP contribution in [-0.2, 0) is 0 Å². The molecule has 0 amide bonds. The van der Waals surface area contributed by atoms with Gasteiger partial charge in [0.05, 0.1) is 15.7 Å². The average molecular weight is 497 g/mol. The van der Waals surface area contributed by atoms with Crippen molar-refractivity contribution in [3.8, 4) is 17.2 Å². The van der Waals surface area contributed by atoms with Gasteiger partial charge in [0.25, 0.3) is 5.56 Å². The maximum absolute atomic E-state index is 12.4. The number of nitrogen functional groups attached to an aromatic ring is 1.